The molecule has 3 aromatic rings. The largest absolute Gasteiger partial charge is 0.357 e. The molecule has 4 rings (SSSR count). The third kappa shape index (κ3) is 2.89. The molecule has 0 saturated carbocycles. The molecule has 0 spiro atoms. The predicted octanol–water partition coefficient (Wildman–Crippen LogP) is 3.16. The maximum atomic E-state index is 13.1. The number of benzene rings is 1. The van der Waals surface area contributed by atoms with Gasteiger partial charge in [0.05, 0.1) is 11.0 Å². The second kappa shape index (κ2) is 6.29. The molecule has 0 aliphatic carbocycles. The lowest BCUT2D eigenvalue weighted by Crippen LogP contribution is -2.32. The molecular formula is C18H16ClN5O. The number of amides is 1. The van der Waals surface area contributed by atoms with E-state index in [1.807, 2.05) is 36.2 Å². The number of nitrogens with zero attached hydrogens (tertiary/aromatic N) is 5. The smallest absolute Gasteiger partial charge is 0.259 e. The molecule has 1 aliphatic heterocycles. The Morgan fingerprint density at radius 2 is 1.80 bits per heavy atom. The number of anilines is 2. The molecule has 0 bridgehead atoms. The van der Waals surface area contributed by atoms with E-state index in [-0.39, 0.29) is 5.91 Å². The van der Waals surface area contributed by atoms with Crippen molar-refractivity contribution < 1.29 is 4.79 Å². The van der Waals surface area contributed by atoms with Gasteiger partial charge in [-0.15, -0.1) is 0 Å². The Morgan fingerprint density at radius 1 is 1.08 bits per heavy atom. The minimum absolute atomic E-state index is 0.148. The molecule has 126 valence electrons. The van der Waals surface area contributed by atoms with Gasteiger partial charge in [-0.05, 0) is 30.7 Å². The molecule has 1 amide bonds. The first kappa shape index (κ1) is 15.8. The number of halogens is 1. The van der Waals surface area contributed by atoms with Crippen molar-refractivity contribution in [3.05, 3.63) is 53.3 Å². The van der Waals surface area contributed by atoms with Crippen LogP contribution in [0, 0.1) is 0 Å². The minimum Gasteiger partial charge on any atom is -0.357 e. The molecule has 1 aliphatic rings. The highest BCUT2D eigenvalue weighted by atomic mass is 35.5. The number of aromatic nitrogens is 3. The Balaban J connectivity index is 1.85. The third-order valence-corrected chi connectivity index (χ3v) is 4.45. The second-order valence-corrected chi connectivity index (χ2v) is 6.35. The van der Waals surface area contributed by atoms with Crippen molar-refractivity contribution >= 4 is 40.2 Å². The lowest BCUT2D eigenvalue weighted by molar-refractivity contribution is 0.0986. The number of carbonyl (C=O) groups excluding carboxylic acids is 1. The van der Waals surface area contributed by atoms with Crippen LogP contribution in [0.4, 0.5) is 11.6 Å². The fourth-order valence-corrected chi connectivity index (χ4v) is 3.16. The molecule has 7 heteroatoms. The summed E-state index contributed by atoms with van der Waals surface area (Å²) in [4.78, 5) is 30.2. The Bertz CT molecular complexity index is 961. The average Bonchev–Trinajstić information content (AvgIpc) is 2.78. The van der Waals surface area contributed by atoms with Gasteiger partial charge >= 0.3 is 0 Å². The van der Waals surface area contributed by atoms with E-state index in [1.54, 1.807) is 17.0 Å². The molecule has 6 nitrogen and oxygen atoms in total. The van der Waals surface area contributed by atoms with Gasteiger partial charge < -0.3 is 4.90 Å². The zero-order chi connectivity index (χ0) is 17.4. The van der Waals surface area contributed by atoms with Crippen LogP contribution < -0.4 is 9.80 Å². The molecule has 2 aromatic heterocycles. The summed E-state index contributed by atoms with van der Waals surface area (Å²) in [6.07, 6.45) is 2.36. The molecule has 0 atom stereocenters. The van der Waals surface area contributed by atoms with Crippen LogP contribution in [0.25, 0.3) is 11.0 Å². The van der Waals surface area contributed by atoms with Crippen LogP contribution in [-0.2, 0) is 0 Å². The second-order valence-electron chi connectivity index (χ2n) is 5.96. The van der Waals surface area contributed by atoms with Crippen LogP contribution in [-0.4, -0.2) is 41.0 Å². The van der Waals surface area contributed by atoms with Crippen LogP contribution in [0.15, 0.2) is 42.6 Å². The highest BCUT2D eigenvalue weighted by Gasteiger charge is 2.27. The highest BCUT2D eigenvalue weighted by molar-refractivity contribution is 6.29. The number of fused-ring (bicyclic) bond motifs is 2. The molecule has 1 aromatic carbocycles. The lowest BCUT2D eigenvalue weighted by atomic mass is 10.2. The van der Waals surface area contributed by atoms with Crippen molar-refractivity contribution in [2.24, 2.45) is 0 Å². The summed E-state index contributed by atoms with van der Waals surface area (Å²) in [5, 5.41) is 0.294. The maximum absolute atomic E-state index is 13.1. The minimum atomic E-state index is -0.148. The zero-order valence-electron chi connectivity index (χ0n) is 13.7. The molecule has 0 radical (unpaired) electrons. The van der Waals surface area contributed by atoms with Gasteiger partial charge in [0.25, 0.3) is 5.91 Å². The van der Waals surface area contributed by atoms with E-state index in [2.05, 4.69) is 4.98 Å². The average molecular weight is 354 g/mol. The van der Waals surface area contributed by atoms with Crippen molar-refractivity contribution in [2.75, 3.05) is 29.9 Å². The van der Waals surface area contributed by atoms with Gasteiger partial charge in [-0.2, -0.15) is 0 Å². The Labute approximate surface area is 150 Å². The van der Waals surface area contributed by atoms with Crippen molar-refractivity contribution in [1.82, 2.24) is 15.0 Å². The van der Waals surface area contributed by atoms with Crippen molar-refractivity contribution in [2.45, 2.75) is 6.42 Å². The van der Waals surface area contributed by atoms with E-state index in [1.165, 1.54) is 6.20 Å². The van der Waals surface area contributed by atoms with Crippen LogP contribution in [0.1, 0.15) is 16.8 Å². The highest BCUT2D eigenvalue weighted by Crippen LogP contribution is 2.31. The van der Waals surface area contributed by atoms with Crippen molar-refractivity contribution in [3.63, 3.8) is 0 Å². The van der Waals surface area contributed by atoms with Gasteiger partial charge in [-0.25, -0.2) is 15.0 Å². The Kier molecular flexibility index (Phi) is 3.97. The number of hydrogen-bond donors (Lipinski definition) is 0. The van der Waals surface area contributed by atoms with Gasteiger partial charge in [-0.1, -0.05) is 23.7 Å². The van der Waals surface area contributed by atoms with Crippen molar-refractivity contribution in [1.29, 1.82) is 0 Å². The van der Waals surface area contributed by atoms with E-state index in [0.717, 1.165) is 24.0 Å². The summed E-state index contributed by atoms with van der Waals surface area (Å²) in [6, 6.07) is 10.9. The standard InChI is InChI=1S/C18H16ClN5O/c1-23-9-4-10-24(18(25)12-7-8-20-15(19)11-12)17-16(23)21-13-5-2-3-6-14(13)22-17/h2-3,5-8,11H,4,9-10H2,1H3. The van der Waals surface area contributed by atoms with E-state index < -0.39 is 0 Å². The summed E-state index contributed by atoms with van der Waals surface area (Å²) in [7, 11) is 1.97. The SMILES string of the molecule is CN1CCCN(C(=O)c2ccnc(Cl)c2)c2nc3ccccc3nc21. The van der Waals surface area contributed by atoms with Gasteiger partial charge in [-0.3, -0.25) is 9.69 Å². The first-order valence-electron chi connectivity index (χ1n) is 8.05. The summed E-state index contributed by atoms with van der Waals surface area (Å²) in [5.41, 5.74) is 2.07. The molecular weight excluding hydrogens is 338 g/mol. The van der Waals surface area contributed by atoms with Gasteiger partial charge in [0.1, 0.15) is 5.15 Å². The maximum Gasteiger partial charge on any atom is 0.259 e. The number of hydrogen-bond acceptors (Lipinski definition) is 5. The van der Waals surface area contributed by atoms with Crippen molar-refractivity contribution in [3.8, 4) is 0 Å². The Morgan fingerprint density at radius 3 is 2.52 bits per heavy atom. The summed E-state index contributed by atoms with van der Waals surface area (Å²) < 4.78 is 0. The monoisotopic (exact) mass is 353 g/mol. The van der Waals surface area contributed by atoms with Gasteiger partial charge in [0, 0.05) is 31.9 Å². The van der Waals surface area contributed by atoms with E-state index in [9.17, 15) is 4.79 Å². The van der Waals surface area contributed by atoms with E-state index >= 15 is 0 Å². The zero-order valence-corrected chi connectivity index (χ0v) is 14.4. The summed E-state index contributed by atoms with van der Waals surface area (Å²) in [5.74, 6) is 1.15. The van der Waals surface area contributed by atoms with E-state index in [0.29, 0.717) is 28.9 Å². The normalized spacial score (nSPS) is 14.3. The quantitative estimate of drug-likeness (QED) is 0.629. The van der Waals surface area contributed by atoms with Crippen LogP contribution in [0.5, 0.6) is 0 Å². The summed E-state index contributed by atoms with van der Waals surface area (Å²) >= 11 is 5.94. The van der Waals surface area contributed by atoms with Crippen LogP contribution in [0.2, 0.25) is 5.15 Å². The molecule has 3 heterocycles. The first-order chi connectivity index (χ1) is 12.1. The molecule has 25 heavy (non-hydrogen) atoms. The van der Waals surface area contributed by atoms with Gasteiger partial charge in [0.15, 0.2) is 11.6 Å². The Hall–Kier alpha value is -2.73. The third-order valence-electron chi connectivity index (χ3n) is 4.25. The van der Waals surface area contributed by atoms with Crippen LogP contribution in [0.3, 0.4) is 0 Å². The van der Waals surface area contributed by atoms with E-state index in [4.69, 9.17) is 21.6 Å². The lowest BCUT2D eigenvalue weighted by Gasteiger charge is -2.22. The molecule has 0 saturated heterocycles. The molecule has 0 N–H and O–H groups in total. The first-order valence-corrected chi connectivity index (χ1v) is 8.42. The fourth-order valence-electron chi connectivity index (χ4n) is 2.99. The number of pyridine rings is 1. The summed E-state index contributed by atoms with van der Waals surface area (Å²) in [6.45, 7) is 1.38. The van der Waals surface area contributed by atoms with Gasteiger partial charge in [0.2, 0.25) is 0 Å². The number of rotatable bonds is 1. The topological polar surface area (TPSA) is 62.2 Å². The predicted molar refractivity (Wildman–Crippen MR) is 98.3 cm³/mol. The molecule has 0 unspecified atom stereocenters. The fraction of sp³-hybridized carbons (Fsp3) is 0.222. The molecule has 0 fully saturated rings. The number of para-hydroxylation sites is 2. The number of carbonyl (C=O) groups is 1. The van der Waals surface area contributed by atoms with Crippen LogP contribution >= 0.6 is 11.6 Å².